The number of benzene rings is 2. The van der Waals surface area contributed by atoms with Crippen LogP contribution in [0.4, 0.5) is 8.78 Å². The zero-order valence-electron chi connectivity index (χ0n) is 17.0. The van der Waals surface area contributed by atoms with Gasteiger partial charge in [-0.3, -0.25) is 9.59 Å². The van der Waals surface area contributed by atoms with E-state index in [0.717, 1.165) is 18.9 Å². The Morgan fingerprint density at radius 3 is 2.34 bits per heavy atom. The molecule has 3 aliphatic rings. The van der Waals surface area contributed by atoms with Crippen LogP contribution in [0, 0.1) is 29.4 Å². The van der Waals surface area contributed by atoms with Crippen LogP contribution in [0.25, 0.3) is 0 Å². The summed E-state index contributed by atoms with van der Waals surface area (Å²) in [6, 6.07) is 8.28. The van der Waals surface area contributed by atoms with Crippen LogP contribution < -0.4 is 15.4 Å². The summed E-state index contributed by atoms with van der Waals surface area (Å²) < 4.78 is 32.4. The van der Waals surface area contributed by atoms with Crippen LogP contribution in [-0.4, -0.2) is 24.5 Å². The third-order valence-corrected chi connectivity index (χ3v) is 6.86. The number of carbonyl (C=O) groups is 2. The molecule has 0 saturated heterocycles. The van der Waals surface area contributed by atoms with Crippen LogP contribution in [0.15, 0.2) is 36.4 Å². The summed E-state index contributed by atoms with van der Waals surface area (Å²) in [5, 5.41) is 5.83. The molecule has 170 valence electrons. The van der Waals surface area contributed by atoms with Crippen LogP contribution >= 0.6 is 23.2 Å². The summed E-state index contributed by atoms with van der Waals surface area (Å²) in [6.45, 7) is -0.0468. The Hall–Kier alpha value is -2.38. The molecule has 0 aliphatic heterocycles. The van der Waals surface area contributed by atoms with Crippen LogP contribution in [0.5, 0.6) is 5.75 Å². The Bertz CT molecular complexity index is 1030. The van der Waals surface area contributed by atoms with E-state index in [4.69, 9.17) is 27.9 Å². The normalized spacial score (nSPS) is 23.8. The zero-order valence-corrected chi connectivity index (χ0v) is 18.6. The Labute approximate surface area is 194 Å². The van der Waals surface area contributed by atoms with Crippen LogP contribution in [-0.2, 0) is 16.1 Å². The Morgan fingerprint density at radius 2 is 1.66 bits per heavy atom. The fourth-order valence-electron chi connectivity index (χ4n) is 4.46. The predicted molar refractivity (Wildman–Crippen MR) is 116 cm³/mol. The number of hydrogen-bond donors (Lipinski definition) is 2. The molecule has 0 spiro atoms. The molecule has 3 aliphatic carbocycles. The Morgan fingerprint density at radius 1 is 0.969 bits per heavy atom. The maximum Gasteiger partial charge on any atom is 0.258 e. The van der Waals surface area contributed by atoms with Crippen molar-refractivity contribution >= 4 is 35.0 Å². The van der Waals surface area contributed by atoms with Crippen molar-refractivity contribution in [3.05, 3.63) is 63.6 Å². The van der Waals surface area contributed by atoms with Crippen molar-refractivity contribution in [1.82, 2.24) is 10.6 Å². The fraction of sp³-hybridized carbons (Fsp3) is 0.391. The lowest BCUT2D eigenvalue weighted by Gasteiger charge is -2.50. The highest BCUT2D eigenvalue weighted by Crippen LogP contribution is 2.49. The van der Waals surface area contributed by atoms with E-state index in [1.807, 2.05) is 0 Å². The molecule has 3 fully saturated rings. The van der Waals surface area contributed by atoms with Gasteiger partial charge in [-0.15, -0.1) is 0 Å². The van der Waals surface area contributed by atoms with Crippen molar-refractivity contribution in [2.45, 2.75) is 31.8 Å². The molecule has 0 unspecified atom stereocenters. The highest BCUT2D eigenvalue weighted by atomic mass is 35.5. The number of ether oxygens (including phenoxy) is 1. The van der Waals surface area contributed by atoms with Gasteiger partial charge in [0.1, 0.15) is 17.4 Å². The van der Waals surface area contributed by atoms with Crippen LogP contribution in [0.3, 0.4) is 0 Å². The molecule has 2 amide bonds. The van der Waals surface area contributed by atoms with Gasteiger partial charge in [0.15, 0.2) is 6.61 Å². The van der Waals surface area contributed by atoms with Crippen LogP contribution in [0.1, 0.15) is 24.8 Å². The van der Waals surface area contributed by atoms with Crippen molar-refractivity contribution in [2.24, 2.45) is 17.8 Å². The fourth-order valence-corrected chi connectivity index (χ4v) is 4.69. The largest absolute Gasteiger partial charge is 0.484 e. The van der Waals surface area contributed by atoms with E-state index in [1.165, 1.54) is 24.3 Å². The molecule has 0 radical (unpaired) electrons. The van der Waals surface area contributed by atoms with Gasteiger partial charge in [0.2, 0.25) is 5.91 Å². The Kier molecular flexibility index (Phi) is 6.86. The summed E-state index contributed by atoms with van der Waals surface area (Å²) in [6.07, 6.45) is 2.29. The molecule has 32 heavy (non-hydrogen) atoms. The van der Waals surface area contributed by atoms with E-state index in [-0.39, 0.29) is 52.7 Å². The predicted octanol–water partition coefficient (Wildman–Crippen LogP) is 4.50. The summed E-state index contributed by atoms with van der Waals surface area (Å²) in [7, 11) is 0. The van der Waals surface area contributed by atoms with E-state index in [9.17, 15) is 18.4 Å². The number of nitrogens with one attached hydrogen (secondary N) is 2. The molecule has 2 atom stereocenters. The number of rotatable bonds is 7. The Balaban J connectivity index is 1.27. The second-order valence-corrected chi connectivity index (χ2v) is 9.15. The highest BCUT2D eigenvalue weighted by Gasteiger charge is 2.48. The number of fused-ring (bicyclic) bond motifs is 2. The van der Waals surface area contributed by atoms with Gasteiger partial charge in [0.25, 0.3) is 5.91 Å². The van der Waals surface area contributed by atoms with Crippen molar-refractivity contribution in [3.8, 4) is 5.75 Å². The number of carbonyl (C=O) groups excluding carboxylic acids is 2. The third kappa shape index (κ3) is 5.15. The number of amides is 2. The average molecular weight is 483 g/mol. The molecule has 0 heterocycles. The van der Waals surface area contributed by atoms with E-state index < -0.39 is 11.6 Å². The monoisotopic (exact) mass is 482 g/mol. The molecule has 5 rings (SSSR count). The van der Waals surface area contributed by atoms with E-state index >= 15 is 0 Å². The van der Waals surface area contributed by atoms with Crippen molar-refractivity contribution in [2.75, 3.05) is 6.61 Å². The van der Waals surface area contributed by atoms with Crippen molar-refractivity contribution in [3.63, 3.8) is 0 Å². The molecule has 2 aromatic rings. The standard InChI is InChI=1S/C23H22Cl2F2N2O3/c24-17-3-1-12(5-19(17)26)10-28-23(31)16-9-21(14-6-13(16)7-14)29-22(30)11-32-15-2-4-18(25)20(27)8-15/h1-5,8,13-14,16,21H,6-7,9-11H2,(H,28,31)(H,29,30)/t13?,14?,16-,21+/m1/s1. The van der Waals surface area contributed by atoms with Gasteiger partial charge in [-0.05, 0) is 60.9 Å². The van der Waals surface area contributed by atoms with Crippen molar-refractivity contribution in [1.29, 1.82) is 0 Å². The average Bonchev–Trinajstić information content (AvgIpc) is 2.74. The topological polar surface area (TPSA) is 67.4 Å². The third-order valence-electron chi connectivity index (χ3n) is 6.25. The first kappa shape index (κ1) is 22.8. The van der Waals surface area contributed by atoms with E-state index in [2.05, 4.69) is 10.6 Å². The number of hydrogen-bond acceptors (Lipinski definition) is 3. The van der Waals surface area contributed by atoms with Gasteiger partial charge >= 0.3 is 0 Å². The molecule has 3 saturated carbocycles. The summed E-state index contributed by atoms with van der Waals surface area (Å²) in [5.74, 6) is -0.937. The molecule has 0 aromatic heterocycles. The molecular weight excluding hydrogens is 461 g/mol. The first-order valence-corrected chi connectivity index (χ1v) is 11.1. The molecule has 2 aromatic carbocycles. The minimum Gasteiger partial charge on any atom is -0.484 e. The van der Waals surface area contributed by atoms with E-state index in [0.29, 0.717) is 23.8 Å². The molecule has 2 bridgehead atoms. The van der Waals surface area contributed by atoms with Gasteiger partial charge in [-0.25, -0.2) is 8.78 Å². The lowest BCUT2D eigenvalue weighted by Crippen LogP contribution is -2.56. The number of halogens is 4. The van der Waals surface area contributed by atoms with E-state index in [1.54, 1.807) is 6.07 Å². The summed E-state index contributed by atoms with van der Waals surface area (Å²) >= 11 is 11.3. The maximum absolute atomic E-state index is 13.6. The molecule has 5 nitrogen and oxygen atoms in total. The SMILES string of the molecule is O=C(COc1ccc(Cl)c(F)c1)N[C@H]1C[C@@H](C(=O)NCc2ccc(Cl)c(F)c2)C2CC1C2. The van der Waals surface area contributed by atoms with Gasteiger partial charge in [-0.2, -0.15) is 0 Å². The van der Waals surface area contributed by atoms with Gasteiger partial charge in [-0.1, -0.05) is 29.3 Å². The maximum atomic E-state index is 13.6. The lowest BCUT2D eigenvalue weighted by atomic mass is 9.57. The summed E-state index contributed by atoms with van der Waals surface area (Å²) in [5.41, 5.74) is 0.628. The van der Waals surface area contributed by atoms with Gasteiger partial charge in [0, 0.05) is 24.6 Å². The van der Waals surface area contributed by atoms with Gasteiger partial charge in [0.05, 0.1) is 10.0 Å². The van der Waals surface area contributed by atoms with Gasteiger partial charge < -0.3 is 15.4 Å². The summed E-state index contributed by atoms with van der Waals surface area (Å²) in [4.78, 5) is 25.1. The molecule has 2 N–H and O–H groups in total. The second-order valence-electron chi connectivity index (χ2n) is 8.34. The smallest absolute Gasteiger partial charge is 0.258 e. The lowest BCUT2D eigenvalue weighted by molar-refractivity contribution is -0.136. The minimum absolute atomic E-state index is 0.0194. The first-order valence-electron chi connectivity index (χ1n) is 10.4. The quantitative estimate of drug-likeness (QED) is 0.610. The zero-order chi connectivity index (χ0) is 22.8. The molecular formula is C23H22Cl2F2N2O3. The van der Waals surface area contributed by atoms with Crippen LogP contribution in [0.2, 0.25) is 10.0 Å². The highest BCUT2D eigenvalue weighted by molar-refractivity contribution is 6.31. The van der Waals surface area contributed by atoms with Crippen molar-refractivity contribution < 1.29 is 23.1 Å². The first-order chi connectivity index (χ1) is 15.3. The molecule has 9 heteroatoms. The minimum atomic E-state index is -0.618. The second kappa shape index (κ2) is 9.63.